The van der Waals surface area contributed by atoms with Crippen molar-refractivity contribution in [2.45, 2.75) is 13.3 Å². The third kappa shape index (κ3) is 2.43. The predicted octanol–water partition coefficient (Wildman–Crippen LogP) is 3.36. The number of hydrogen-bond donors (Lipinski definition) is 0. The second-order valence-electron chi connectivity index (χ2n) is 6.33. The van der Waals surface area contributed by atoms with Crippen molar-refractivity contribution < 1.29 is 0 Å². The minimum Gasteiger partial charge on any atom is -0.216 e. The standard InChI is InChI=1S/C20H16N6/c1-14-7-9-16(10-8-14)26-19-17(12-22-26)20-23-18(24-25(20)13-21-19)11-15-5-3-2-4-6-15/h2-10,12-13H,11H2,1H3. The smallest absolute Gasteiger partial charge is 0.170 e. The van der Waals surface area contributed by atoms with Gasteiger partial charge in [-0.05, 0) is 24.6 Å². The van der Waals surface area contributed by atoms with Gasteiger partial charge in [0.2, 0.25) is 0 Å². The lowest BCUT2D eigenvalue weighted by molar-refractivity contribution is 0.865. The maximum Gasteiger partial charge on any atom is 0.170 e. The van der Waals surface area contributed by atoms with Gasteiger partial charge in [0.1, 0.15) is 6.33 Å². The van der Waals surface area contributed by atoms with Gasteiger partial charge in [0, 0.05) is 6.42 Å². The van der Waals surface area contributed by atoms with Gasteiger partial charge in [-0.3, -0.25) is 0 Å². The Bertz CT molecular complexity index is 1200. The fraction of sp³-hybridized carbons (Fsp3) is 0.100. The van der Waals surface area contributed by atoms with Gasteiger partial charge >= 0.3 is 0 Å². The SMILES string of the molecule is Cc1ccc(-n2ncc3c2ncn2nc(Cc4ccccc4)nc32)cc1. The van der Waals surface area contributed by atoms with Crippen molar-refractivity contribution in [3.63, 3.8) is 0 Å². The van der Waals surface area contributed by atoms with Crippen molar-refractivity contribution in [1.82, 2.24) is 29.4 Å². The second-order valence-corrected chi connectivity index (χ2v) is 6.33. The van der Waals surface area contributed by atoms with Crippen molar-refractivity contribution in [2.24, 2.45) is 0 Å². The van der Waals surface area contributed by atoms with Crippen molar-refractivity contribution in [2.75, 3.05) is 0 Å². The molecule has 0 aliphatic carbocycles. The van der Waals surface area contributed by atoms with E-state index < -0.39 is 0 Å². The molecule has 0 amide bonds. The van der Waals surface area contributed by atoms with Crippen LogP contribution in [0.4, 0.5) is 0 Å². The van der Waals surface area contributed by atoms with Gasteiger partial charge in [-0.1, -0.05) is 48.0 Å². The first kappa shape index (κ1) is 14.8. The summed E-state index contributed by atoms with van der Waals surface area (Å²) in [4.78, 5) is 9.27. The molecule has 0 aliphatic rings. The minimum atomic E-state index is 0.691. The molecule has 0 bridgehead atoms. The first-order valence-electron chi connectivity index (χ1n) is 8.47. The second kappa shape index (κ2) is 5.77. The number of aryl methyl sites for hydroxylation is 1. The molecule has 0 spiro atoms. The highest BCUT2D eigenvalue weighted by molar-refractivity contribution is 5.89. The number of aromatic nitrogens is 6. The lowest BCUT2D eigenvalue weighted by Crippen LogP contribution is -1.99. The molecule has 3 heterocycles. The van der Waals surface area contributed by atoms with E-state index in [-0.39, 0.29) is 0 Å². The molecule has 6 nitrogen and oxygen atoms in total. The Morgan fingerprint density at radius 2 is 1.73 bits per heavy atom. The molecule has 0 saturated heterocycles. The number of nitrogens with zero attached hydrogens (tertiary/aromatic N) is 6. The van der Waals surface area contributed by atoms with Gasteiger partial charge in [0.05, 0.1) is 17.3 Å². The lowest BCUT2D eigenvalue weighted by atomic mass is 10.1. The molecule has 0 N–H and O–H groups in total. The number of benzene rings is 2. The molecule has 0 saturated carbocycles. The van der Waals surface area contributed by atoms with Crippen LogP contribution in [0.3, 0.4) is 0 Å². The topological polar surface area (TPSA) is 60.9 Å². The minimum absolute atomic E-state index is 0.691. The Hall–Kier alpha value is -3.54. The van der Waals surface area contributed by atoms with Crippen LogP contribution in [0.2, 0.25) is 0 Å². The molecule has 0 radical (unpaired) electrons. The van der Waals surface area contributed by atoms with E-state index in [4.69, 9.17) is 4.98 Å². The van der Waals surface area contributed by atoms with Gasteiger partial charge in [0.15, 0.2) is 17.1 Å². The summed E-state index contributed by atoms with van der Waals surface area (Å²) in [5, 5.41) is 9.96. The Morgan fingerprint density at radius 3 is 2.54 bits per heavy atom. The first-order chi connectivity index (χ1) is 12.8. The molecule has 5 aromatic rings. The molecule has 6 heteroatoms. The van der Waals surface area contributed by atoms with Crippen LogP contribution in [0.1, 0.15) is 17.0 Å². The Morgan fingerprint density at radius 1 is 0.923 bits per heavy atom. The van der Waals surface area contributed by atoms with Crippen LogP contribution in [0.15, 0.2) is 67.1 Å². The summed E-state index contributed by atoms with van der Waals surface area (Å²) in [5.41, 5.74) is 4.93. The van der Waals surface area contributed by atoms with Crippen molar-refractivity contribution in [3.8, 4) is 5.69 Å². The molecule has 0 fully saturated rings. The van der Waals surface area contributed by atoms with E-state index in [0.29, 0.717) is 6.42 Å². The normalized spacial score (nSPS) is 11.4. The maximum atomic E-state index is 4.72. The fourth-order valence-electron chi connectivity index (χ4n) is 3.09. The highest BCUT2D eigenvalue weighted by Crippen LogP contribution is 2.20. The Labute approximate surface area is 149 Å². The van der Waals surface area contributed by atoms with Crippen LogP contribution in [-0.2, 0) is 6.42 Å². The van der Waals surface area contributed by atoms with E-state index >= 15 is 0 Å². The summed E-state index contributed by atoms with van der Waals surface area (Å²) < 4.78 is 3.56. The van der Waals surface area contributed by atoms with Gasteiger partial charge in [-0.2, -0.15) is 5.10 Å². The summed E-state index contributed by atoms with van der Waals surface area (Å²) in [6.45, 7) is 2.07. The molecule has 2 aromatic carbocycles. The summed E-state index contributed by atoms with van der Waals surface area (Å²) in [7, 11) is 0. The quantitative estimate of drug-likeness (QED) is 0.505. The third-order valence-corrected chi connectivity index (χ3v) is 4.43. The van der Waals surface area contributed by atoms with Crippen LogP contribution in [0.5, 0.6) is 0 Å². The molecule has 0 unspecified atom stereocenters. The summed E-state index contributed by atoms with van der Waals surface area (Å²) >= 11 is 0. The highest BCUT2D eigenvalue weighted by Gasteiger charge is 2.13. The predicted molar refractivity (Wildman–Crippen MR) is 99.4 cm³/mol. The zero-order chi connectivity index (χ0) is 17.5. The zero-order valence-corrected chi connectivity index (χ0v) is 14.2. The monoisotopic (exact) mass is 340 g/mol. The molecule has 0 aliphatic heterocycles. The van der Waals surface area contributed by atoms with Gasteiger partial charge in [-0.25, -0.2) is 19.2 Å². The third-order valence-electron chi connectivity index (χ3n) is 4.43. The molecular weight excluding hydrogens is 324 g/mol. The van der Waals surface area contributed by atoms with Crippen molar-refractivity contribution >= 4 is 16.7 Å². The van der Waals surface area contributed by atoms with Crippen LogP contribution >= 0.6 is 0 Å². The van der Waals surface area contributed by atoms with Crippen LogP contribution in [-0.4, -0.2) is 29.4 Å². The van der Waals surface area contributed by atoms with E-state index in [9.17, 15) is 0 Å². The van der Waals surface area contributed by atoms with Crippen LogP contribution < -0.4 is 0 Å². The molecule has 5 rings (SSSR count). The average molecular weight is 340 g/mol. The first-order valence-corrected chi connectivity index (χ1v) is 8.47. The summed E-state index contributed by atoms with van der Waals surface area (Å²) in [6, 6.07) is 18.4. The van der Waals surface area contributed by atoms with E-state index in [1.807, 2.05) is 35.0 Å². The van der Waals surface area contributed by atoms with E-state index in [1.165, 1.54) is 11.1 Å². The fourth-order valence-corrected chi connectivity index (χ4v) is 3.09. The van der Waals surface area contributed by atoms with E-state index in [2.05, 4.69) is 46.4 Å². The van der Waals surface area contributed by atoms with Gasteiger partial charge in [0.25, 0.3) is 0 Å². The van der Waals surface area contributed by atoms with E-state index in [0.717, 1.165) is 28.2 Å². The van der Waals surface area contributed by atoms with Crippen LogP contribution in [0, 0.1) is 6.92 Å². The average Bonchev–Trinajstić information content (AvgIpc) is 3.26. The molecular formula is C20H16N6. The molecule has 26 heavy (non-hydrogen) atoms. The van der Waals surface area contributed by atoms with Gasteiger partial charge in [-0.15, -0.1) is 5.10 Å². The number of fused-ring (bicyclic) bond motifs is 3. The van der Waals surface area contributed by atoms with Crippen molar-refractivity contribution in [3.05, 3.63) is 84.1 Å². The lowest BCUT2D eigenvalue weighted by Gasteiger charge is -2.03. The molecule has 0 atom stereocenters. The van der Waals surface area contributed by atoms with Gasteiger partial charge < -0.3 is 0 Å². The summed E-state index contributed by atoms with van der Waals surface area (Å²) in [5.74, 6) is 0.772. The van der Waals surface area contributed by atoms with Crippen LogP contribution in [0.25, 0.3) is 22.4 Å². The largest absolute Gasteiger partial charge is 0.216 e. The highest BCUT2D eigenvalue weighted by atomic mass is 15.3. The zero-order valence-electron chi connectivity index (χ0n) is 14.2. The van der Waals surface area contributed by atoms with Crippen molar-refractivity contribution in [1.29, 1.82) is 0 Å². The number of rotatable bonds is 3. The summed E-state index contributed by atoms with van der Waals surface area (Å²) in [6.07, 6.45) is 4.19. The Kier molecular flexibility index (Phi) is 3.28. The van der Waals surface area contributed by atoms with E-state index in [1.54, 1.807) is 17.0 Å². The molecule has 126 valence electrons. The Balaban J connectivity index is 1.61. The molecule has 3 aromatic heterocycles. The number of hydrogen-bond acceptors (Lipinski definition) is 4. The maximum absolute atomic E-state index is 4.72.